The van der Waals surface area contributed by atoms with Gasteiger partial charge < -0.3 is 10.1 Å². The average Bonchev–Trinajstić information content (AvgIpc) is 3.03. The summed E-state index contributed by atoms with van der Waals surface area (Å²) in [5.74, 6) is -1.38. The van der Waals surface area contributed by atoms with E-state index in [1.54, 1.807) is 0 Å². The Labute approximate surface area is 165 Å². The van der Waals surface area contributed by atoms with Gasteiger partial charge in [-0.2, -0.15) is 0 Å². The van der Waals surface area contributed by atoms with Gasteiger partial charge in [0.1, 0.15) is 6.61 Å². The second-order valence-corrected chi connectivity index (χ2v) is 9.35. The fourth-order valence-corrected chi connectivity index (χ4v) is 5.61. The zero-order chi connectivity index (χ0) is 19.6. The third-order valence-corrected chi connectivity index (χ3v) is 7.23. The van der Waals surface area contributed by atoms with Gasteiger partial charge >= 0.3 is 5.97 Å². The molecule has 0 amide bonds. The molecule has 2 aromatic carbocycles. The highest BCUT2D eigenvalue weighted by molar-refractivity contribution is 7.93. The summed E-state index contributed by atoms with van der Waals surface area (Å²) in [6.07, 6.45) is 1.77. The smallest absolute Gasteiger partial charge is 0.323 e. The van der Waals surface area contributed by atoms with Crippen LogP contribution >= 0.6 is 0 Å². The Balaban J connectivity index is 1.50. The van der Waals surface area contributed by atoms with Gasteiger partial charge in [0, 0.05) is 12.0 Å². The normalized spacial score (nSPS) is 18.1. The van der Waals surface area contributed by atoms with Crippen LogP contribution in [0.1, 0.15) is 24.0 Å². The molecule has 0 aliphatic carbocycles. The Morgan fingerprint density at radius 3 is 2.46 bits per heavy atom. The van der Waals surface area contributed by atoms with Crippen LogP contribution in [0.3, 0.4) is 0 Å². The Morgan fingerprint density at radius 1 is 1.04 bits per heavy atom. The van der Waals surface area contributed by atoms with E-state index in [0.29, 0.717) is 12.2 Å². The SMILES string of the molecule is O=C(CS(=O)(=O)N1CC2(CCNCC2)c2ccccc21)OCc1ccccc1. The van der Waals surface area contributed by atoms with Crippen molar-refractivity contribution in [2.45, 2.75) is 24.9 Å². The molecule has 0 radical (unpaired) electrons. The number of carbonyl (C=O) groups excluding carboxylic acids is 1. The summed E-state index contributed by atoms with van der Waals surface area (Å²) >= 11 is 0. The molecule has 0 aromatic heterocycles. The van der Waals surface area contributed by atoms with E-state index < -0.39 is 21.7 Å². The molecule has 2 heterocycles. The summed E-state index contributed by atoms with van der Waals surface area (Å²) < 4.78 is 32.7. The number of fused-ring (bicyclic) bond motifs is 2. The number of para-hydroxylation sites is 1. The minimum atomic E-state index is -3.81. The minimum Gasteiger partial charge on any atom is -0.460 e. The molecule has 1 spiro atoms. The van der Waals surface area contributed by atoms with Crippen LogP contribution in [-0.2, 0) is 31.6 Å². The summed E-state index contributed by atoms with van der Waals surface area (Å²) in [4.78, 5) is 12.2. The van der Waals surface area contributed by atoms with E-state index in [4.69, 9.17) is 4.74 Å². The minimum absolute atomic E-state index is 0.0708. The number of piperidine rings is 1. The van der Waals surface area contributed by atoms with E-state index in [0.717, 1.165) is 37.1 Å². The molecule has 0 atom stereocenters. The van der Waals surface area contributed by atoms with Gasteiger partial charge in [0.15, 0.2) is 5.75 Å². The van der Waals surface area contributed by atoms with E-state index in [-0.39, 0.29) is 12.0 Å². The molecule has 7 heteroatoms. The van der Waals surface area contributed by atoms with Crippen molar-refractivity contribution in [1.82, 2.24) is 5.32 Å². The predicted octanol–water partition coefficient (Wildman–Crippen LogP) is 2.20. The van der Waals surface area contributed by atoms with Gasteiger partial charge in [-0.05, 0) is 43.1 Å². The number of rotatable bonds is 5. The maximum atomic E-state index is 13.1. The molecule has 28 heavy (non-hydrogen) atoms. The molecule has 0 saturated carbocycles. The lowest BCUT2D eigenvalue weighted by atomic mass is 9.75. The van der Waals surface area contributed by atoms with Crippen molar-refractivity contribution in [2.24, 2.45) is 0 Å². The number of esters is 1. The lowest BCUT2D eigenvalue weighted by Gasteiger charge is -2.34. The quantitative estimate of drug-likeness (QED) is 0.779. The lowest BCUT2D eigenvalue weighted by molar-refractivity contribution is -0.141. The summed E-state index contributed by atoms with van der Waals surface area (Å²) in [7, 11) is -3.81. The Morgan fingerprint density at radius 2 is 1.71 bits per heavy atom. The number of nitrogens with zero attached hydrogens (tertiary/aromatic N) is 1. The van der Waals surface area contributed by atoms with Gasteiger partial charge in [-0.3, -0.25) is 9.10 Å². The van der Waals surface area contributed by atoms with Gasteiger partial charge in [-0.1, -0.05) is 48.5 Å². The first-order valence-corrected chi connectivity index (χ1v) is 11.1. The highest BCUT2D eigenvalue weighted by Crippen LogP contribution is 2.47. The van der Waals surface area contributed by atoms with Crippen LogP contribution in [0.15, 0.2) is 54.6 Å². The maximum Gasteiger partial charge on any atom is 0.323 e. The number of hydrogen-bond donors (Lipinski definition) is 1. The number of benzene rings is 2. The number of anilines is 1. The molecule has 4 rings (SSSR count). The number of ether oxygens (including phenoxy) is 1. The summed E-state index contributed by atoms with van der Waals surface area (Å²) in [6, 6.07) is 16.9. The van der Waals surface area contributed by atoms with Gasteiger partial charge in [-0.15, -0.1) is 0 Å². The molecule has 0 bridgehead atoms. The van der Waals surface area contributed by atoms with E-state index in [1.807, 2.05) is 54.6 Å². The second-order valence-electron chi connectivity index (χ2n) is 7.46. The van der Waals surface area contributed by atoms with E-state index in [2.05, 4.69) is 5.32 Å². The topological polar surface area (TPSA) is 75.7 Å². The third kappa shape index (κ3) is 3.64. The van der Waals surface area contributed by atoms with Crippen LogP contribution in [0.25, 0.3) is 0 Å². The molecule has 0 unspecified atom stereocenters. The van der Waals surface area contributed by atoms with Gasteiger partial charge in [0.05, 0.1) is 5.69 Å². The Kier molecular flexibility index (Phi) is 5.12. The van der Waals surface area contributed by atoms with Crippen molar-refractivity contribution in [3.8, 4) is 0 Å². The zero-order valence-electron chi connectivity index (χ0n) is 15.6. The second kappa shape index (κ2) is 7.56. The predicted molar refractivity (Wildman–Crippen MR) is 108 cm³/mol. The van der Waals surface area contributed by atoms with Crippen LogP contribution in [0.2, 0.25) is 0 Å². The molecule has 1 fully saturated rings. The van der Waals surface area contributed by atoms with Crippen molar-refractivity contribution in [1.29, 1.82) is 0 Å². The molecule has 2 aliphatic heterocycles. The Hall–Kier alpha value is -2.38. The highest BCUT2D eigenvalue weighted by Gasteiger charge is 2.47. The number of carbonyl (C=O) groups is 1. The van der Waals surface area contributed by atoms with Gasteiger partial charge in [0.25, 0.3) is 0 Å². The monoisotopic (exact) mass is 400 g/mol. The van der Waals surface area contributed by atoms with Gasteiger partial charge in [-0.25, -0.2) is 8.42 Å². The molecule has 1 saturated heterocycles. The molecular formula is C21H24N2O4S. The van der Waals surface area contributed by atoms with Crippen LogP contribution in [0.4, 0.5) is 5.69 Å². The summed E-state index contributed by atoms with van der Waals surface area (Å²) in [6.45, 7) is 2.19. The average molecular weight is 401 g/mol. The third-order valence-electron chi connectivity index (χ3n) is 5.63. The largest absolute Gasteiger partial charge is 0.460 e. The summed E-state index contributed by atoms with van der Waals surface area (Å²) in [5, 5.41) is 3.34. The Bertz CT molecular complexity index is 953. The standard InChI is InChI=1S/C21H24N2O4S/c24-20(27-14-17-6-2-1-3-7-17)15-28(25,26)23-16-21(10-12-22-13-11-21)18-8-4-5-9-19(18)23/h1-9,22H,10-16H2. The zero-order valence-corrected chi connectivity index (χ0v) is 16.5. The number of sulfonamides is 1. The fourth-order valence-electron chi connectivity index (χ4n) is 4.17. The molecule has 2 aliphatic rings. The van der Waals surface area contributed by atoms with Gasteiger partial charge in [0.2, 0.25) is 10.0 Å². The van der Waals surface area contributed by atoms with E-state index in [9.17, 15) is 13.2 Å². The van der Waals surface area contributed by atoms with Crippen LogP contribution in [-0.4, -0.2) is 39.8 Å². The molecular weight excluding hydrogens is 376 g/mol. The molecule has 6 nitrogen and oxygen atoms in total. The first-order chi connectivity index (χ1) is 13.5. The lowest BCUT2D eigenvalue weighted by Crippen LogP contribution is -2.45. The molecule has 148 valence electrons. The fraction of sp³-hybridized carbons (Fsp3) is 0.381. The first kappa shape index (κ1) is 19.0. The highest BCUT2D eigenvalue weighted by atomic mass is 32.2. The molecule has 2 aromatic rings. The van der Waals surface area contributed by atoms with Crippen LogP contribution in [0, 0.1) is 0 Å². The van der Waals surface area contributed by atoms with Crippen molar-refractivity contribution in [3.63, 3.8) is 0 Å². The van der Waals surface area contributed by atoms with Crippen molar-refractivity contribution >= 4 is 21.7 Å². The van der Waals surface area contributed by atoms with Crippen LogP contribution < -0.4 is 9.62 Å². The van der Waals surface area contributed by atoms with Crippen molar-refractivity contribution in [2.75, 3.05) is 29.7 Å². The van der Waals surface area contributed by atoms with Crippen LogP contribution in [0.5, 0.6) is 0 Å². The van der Waals surface area contributed by atoms with Crippen molar-refractivity contribution < 1.29 is 17.9 Å². The van der Waals surface area contributed by atoms with E-state index >= 15 is 0 Å². The molecule has 1 N–H and O–H groups in total. The number of nitrogens with one attached hydrogen (secondary N) is 1. The van der Waals surface area contributed by atoms with Crippen molar-refractivity contribution in [3.05, 3.63) is 65.7 Å². The summed E-state index contributed by atoms with van der Waals surface area (Å²) in [5.41, 5.74) is 2.41. The first-order valence-electron chi connectivity index (χ1n) is 9.50. The maximum absolute atomic E-state index is 13.1. The van der Waals surface area contributed by atoms with E-state index in [1.165, 1.54) is 4.31 Å². The number of hydrogen-bond acceptors (Lipinski definition) is 5.